The van der Waals surface area contributed by atoms with Gasteiger partial charge < -0.3 is 10.1 Å². The number of thiophene rings is 1. The van der Waals surface area contributed by atoms with Gasteiger partial charge in [-0.15, -0.1) is 0 Å². The second-order valence-corrected chi connectivity index (χ2v) is 6.03. The normalized spacial score (nSPS) is 15.1. The van der Waals surface area contributed by atoms with Crippen LogP contribution in [0.15, 0.2) is 29.0 Å². The van der Waals surface area contributed by atoms with Crippen LogP contribution in [0.3, 0.4) is 0 Å². The summed E-state index contributed by atoms with van der Waals surface area (Å²) in [5, 5.41) is 8.60. The highest BCUT2D eigenvalue weighted by molar-refractivity contribution is 7.07. The summed E-state index contributed by atoms with van der Waals surface area (Å²) >= 11 is 7.89. The van der Waals surface area contributed by atoms with Crippen molar-refractivity contribution in [2.45, 2.75) is 25.9 Å². The molecule has 0 saturated heterocycles. The first-order valence-corrected chi connectivity index (χ1v) is 7.75. The molecule has 2 heterocycles. The predicted octanol–water partition coefficient (Wildman–Crippen LogP) is 4.19. The Morgan fingerprint density at radius 3 is 3.16 bits per heavy atom. The molecule has 0 amide bonds. The first-order chi connectivity index (χ1) is 9.24. The maximum Gasteiger partial charge on any atom is 0.127 e. The lowest BCUT2D eigenvalue weighted by molar-refractivity contribution is 0.351. The first kappa shape index (κ1) is 13.0. The fourth-order valence-corrected chi connectivity index (χ4v) is 3.40. The number of fused-ring (bicyclic) bond motifs is 1. The molecule has 1 aromatic heterocycles. The van der Waals surface area contributed by atoms with Gasteiger partial charge in [0.15, 0.2) is 0 Å². The van der Waals surface area contributed by atoms with Gasteiger partial charge in [-0.1, -0.05) is 11.6 Å². The van der Waals surface area contributed by atoms with Crippen LogP contribution < -0.4 is 10.1 Å². The lowest BCUT2D eigenvalue weighted by atomic mass is 10.1. The third kappa shape index (κ3) is 2.78. The molecule has 1 unspecified atom stereocenters. The zero-order valence-electron chi connectivity index (χ0n) is 10.8. The molecule has 0 saturated carbocycles. The molecule has 2 nitrogen and oxygen atoms in total. The smallest absolute Gasteiger partial charge is 0.127 e. The number of rotatable bonds is 4. The predicted molar refractivity (Wildman–Crippen MR) is 80.2 cm³/mol. The number of hydrogen-bond acceptors (Lipinski definition) is 3. The second-order valence-electron chi connectivity index (χ2n) is 4.81. The molecule has 0 aliphatic carbocycles. The minimum atomic E-state index is 0.335. The van der Waals surface area contributed by atoms with Gasteiger partial charge in [-0.05, 0) is 47.0 Å². The number of benzene rings is 1. The van der Waals surface area contributed by atoms with E-state index in [4.69, 9.17) is 16.3 Å². The molecule has 19 heavy (non-hydrogen) atoms. The van der Waals surface area contributed by atoms with Crippen molar-refractivity contribution in [2.75, 3.05) is 6.61 Å². The van der Waals surface area contributed by atoms with Crippen molar-refractivity contribution < 1.29 is 4.74 Å². The van der Waals surface area contributed by atoms with Gasteiger partial charge in [-0.25, -0.2) is 0 Å². The summed E-state index contributed by atoms with van der Waals surface area (Å²) in [7, 11) is 0. The molecular weight excluding hydrogens is 278 g/mol. The second kappa shape index (κ2) is 5.53. The van der Waals surface area contributed by atoms with E-state index in [9.17, 15) is 0 Å². The van der Waals surface area contributed by atoms with Crippen LogP contribution in [0.25, 0.3) is 0 Å². The molecule has 0 fully saturated rings. The van der Waals surface area contributed by atoms with Gasteiger partial charge in [0.1, 0.15) is 5.75 Å². The van der Waals surface area contributed by atoms with E-state index < -0.39 is 0 Å². The van der Waals surface area contributed by atoms with Crippen LogP contribution in [0, 0.1) is 0 Å². The summed E-state index contributed by atoms with van der Waals surface area (Å²) in [4.78, 5) is 0. The summed E-state index contributed by atoms with van der Waals surface area (Å²) in [5.74, 6) is 1.02. The van der Waals surface area contributed by atoms with Gasteiger partial charge in [-0.3, -0.25) is 0 Å². The molecule has 0 spiro atoms. The van der Waals surface area contributed by atoms with Crippen molar-refractivity contribution in [3.63, 3.8) is 0 Å². The SMILES string of the molecule is CC(NCc1cc(Cl)cc2c1OCC2)c1ccsc1. The third-order valence-corrected chi connectivity index (χ3v) is 4.39. The van der Waals surface area contributed by atoms with Gasteiger partial charge in [-0.2, -0.15) is 11.3 Å². The summed E-state index contributed by atoms with van der Waals surface area (Å²) in [5.41, 5.74) is 3.71. The van der Waals surface area contributed by atoms with Crippen LogP contribution in [0.2, 0.25) is 5.02 Å². The minimum Gasteiger partial charge on any atom is -0.493 e. The molecule has 100 valence electrons. The van der Waals surface area contributed by atoms with Crippen molar-refractivity contribution in [1.29, 1.82) is 0 Å². The topological polar surface area (TPSA) is 21.3 Å². The molecule has 1 aromatic carbocycles. The highest BCUT2D eigenvalue weighted by Crippen LogP contribution is 2.33. The first-order valence-electron chi connectivity index (χ1n) is 6.43. The average molecular weight is 294 g/mol. The molecule has 0 bridgehead atoms. The quantitative estimate of drug-likeness (QED) is 0.913. The van der Waals surface area contributed by atoms with Crippen molar-refractivity contribution in [3.05, 3.63) is 50.7 Å². The summed E-state index contributed by atoms with van der Waals surface area (Å²) in [6, 6.07) is 6.50. The zero-order chi connectivity index (χ0) is 13.2. The third-order valence-electron chi connectivity index (χ3n) is 3.47. The maximum absolute atomic E-state index is 6.16. The fourth-order valence-electron chi connectivity index (χ4n) is 2.38. The zero-order valence-corrected chi connectivity index (χ0v) is 12.4. The molecule has 1 atom stereocenters. The van der Waals surface area contributed by atoms with Gasteiger partial charge in [0.25, 0.3) is 0 Å². The lowest BCUT2D eigenvalue weighted by Gasteiger charge is -2.15. The van der Waals surface area contributed by atoms with E-state index >= 15 is 0 Å². The molecular formula is C15H16ClNOS. The molecule has 4 heteroatoms. The van der Waals surface area contributed by atoms with Crippen molar-refractivity contribution >= 4 is 22.9 Å². The molecule has 2 aromatic rings. The Hall–Kier alpha value is -1.03. The van der Waals surface area contributed by atoms with Gasteiger partial charge in [0.2, 0.25) is 0 Å². The van der Waals surface area contributed by atoms with E-state index in [1.165, 1.54) is 11.1 Å². The van der Waals surface area contributed by atoms with Crippen molar-refractivity contribution in [1.82, 2.24) is 5.32 Å². The monoisotopic (exact) mass is 293 g/mol. The van der Waals surface area contributed by atoms with Gasteiger partial charge in [0.05, 0.1) is 6.61 Å². The lowest BCUT2D eigenvalue weighted by Crippen LogP contribution is -2.18. The molecule has 1 aliphatic rings. The van der Waals surface area contributed by atoms with E-state index in [2.05, 4.69) is 29.1 Å². The minimum absolute atomic E-state index is 0.335. The Kier molecular flexibility index (Phi) is 3.78. The van der Waals surface area contributed by atoms with Crippen LogP contribution in [-0.4, -0.2) is 6.61 Å². The summed E-state index contributed by atoms with van der Waals surface area (Å²) < 4.78 is 5.71. The maximum atomic E-state index is 6.16. The highest BCUT2D eigenvalue weighted by Gasteiger charge is 2.18. The van der Waals surface area contributed by atoms with E-state index in [1.54, 1.807) is 11.3 Å². The number of hydrogen-bond donors (Lipinski definition) is 1. The summed E-state index contributed by atoms with van der Waals surface area (Å²) in [6.45, 7) is 3.72. The molecule has 0 radical (unpaired) electrons. The highest BCUT2D eigenvalue weighted by atomic mass is 35.5. The Morgan fingerprint density at radius 2 is 2.37 bits per heavy atom. The van der Waals surface area contributed by atoms with E-state index in [-0.39, 0.29) is 0 Å². The number of nitrogens with one attached hydrogen (secondary N) is 1. The van der Waals surface area contributed by atoms with E-state index in [1.807, 2.05) is 12.1 Å². The standard InChI is InChI=1S/C15H16ClNOS/c1-10(12-3-5-19-9-12)17-8-13-7-14(16)6-11-2-4-18-15(11)13/h3,5-7,9-10,17H,2,4,8H2,1H3. The van der Waals surface area contributed by atoms with Crippen LogP contribution in [0.4, 0.5) is 0 Å². The number of halogens is 1. The van der Waals surface area contributed by atoms with Crippen LogP contribution in [0.5, 0.6) is 5.75 Å². The average Bonchev–Trinajstić information content (AvgIpc) is 3.05. The van der Waals surface area contributed by atoms with Crippen molar-refractivity contribution in [3.8, 4) is 5.75 Å². The fraction of sp³-hybridized carbons (Fsp3) is 0.333. The Bertz CT molecular complexity index is 568. The van der Waals surface area contributed by atoms with Gasteiger partial charge >= 0.3 is 0 Å². The van der Waals surface area contributed by atoms with Crippen LogP contribution in [-0.2, 0) is 13.0 Å². The Labute approximate surface area is 122 Å². The number of ether oxygens (including phenoxy) is 1. The molecule has 3 rings (SSSR count). The van der Waals surface area contributed by atoms with Gasteiger partial charge in [0, 0.05) is 29.6 Å². The summed E-state index contributed by atoms with van der Waals surface area (Å²) in [6.07, 6.45) is 0.961. The molecule has 1 aliphatic heterocycles. The largest absolute Gasteiger partial charge is 0.493 e. The van der Waals surface area contributed by atoms with Crippen molar-refractivity contribution in [2.24, 2.45) is 0 Å². The van der Waals surface area contributed by atoms with Crippen LogP contribution >= 0.6 is 22.9 Å². The van der Waals surface area contributed by atoms with E-state index in [0.717, 1.165) is 35.9 Å². The van der Waals surface area contributed by atoms with E-state index in [0.29, 0.717) is 6.04 Å². The Balaban J connectivity index is 1.74. The Morgan fingerprint density at radius 1 is 1.47 bits per heavy atom. The molecule has 1 N–H and O–H groups in total. The van der Waals surface area contributed by atoms with Crippen LogP contribution in [0.1, 0.15) is 29.7 Å².